The summed E-state index contributed by atoms with van der Waals surface area (Å²) in [6, 6.07) is 0.700. The maximum Gasteiger partial charge on any atom is 0.509 e. The lowest BCUT2D eigenvalue weighted by molar-refractivity contribution is -0.142. The normalized spacial score (nSPS) is 18.2. The Kier molecular flexibility index (Phi) is 3.09. The van der Waals surface area contributed by atoms with Crippen molar-refractivity contribution in [3.63, 3.8) is 0 Å². The molecule has 0 aliphatic carbocycles. The highest BCUT2D eigenvalue weighted by molar-refractivity contribution is 5.81. The standard InChI is InChI=1S/C10H5F3O5/c11-4-1-5(12)8(6(13)2-4)18-9(14)7-3-16-10(15)17-7/h1-2,7H,3H2. The van der Waals surface area contributed by atoms with E-state index in [1.807, 2.05) is 0 Å². The van der Waals surface area contributed by atoms with Gasteiger partial charge in [0.2, 0.25) is 11.9 Å². The smallest absolute Gasteiger partial charge is 0.430 e. The van der Waals surface area contributed by atoms with Crippen LogP contribution in [0.1, 0.15) is 0 Å². The number of ether oxygens (including phenoxy) is 3. The molecule has 1 aromatic rings. The average molecular weight is 262 g/mol. The van der Waals surface area contributed by atoms with Crippen LogP contribution in [0.15, 0.2) is 12.1 Å². The highest BCUT2D eigenvalue weighted by atomic mass is 19.1. The molecule has 96 valence electrons. The van der Waals surface area contributed by atoms with Crippen LogP contribution >= 0.6 is 0 Å². The van der Waals surface area contributed by atoms with Gasteiger partial charge in [0.1, 0.15) is 12.4 Å². The quantitative estimate of drug-likeness (QED) is 0.597. The zero-order valence-electron chi connectivity index (χ0n) is 8.61. The van der Waals surface area contributed by atoms with Crippen LogP contribution < -0.4 is 4.74 Å². The van der Waals surface area contributed by atoms with Crippen LogP contribution in [0.25, 0.3) is 0 Å². The Morgan fingerprint density at radius 3 is 2.39 bits per heavy atom. The molecule has 0 aromatic heterocycles. The largest absolute Gasteiger partial charge is 0.509 e. The zero-order valence-corrected chi connectivity index (χ0v) is 8.61. The Bertz CT molecular complexity index is 493. The first-order valence-corrected chi connectivity index (χ1v) is 4.67. The Morgan fingerprint density at radius 2 is 1.89 bits per heavy atom. The molecule has 2 rings (SSSR count). The number of hydrogen-bond acceptors (Lipinski definition) is 5. The molecular weight excluding hydrogens is 257 g/mol. The number of hydrogen-bond donors (Lipinski definition) is 0. The van der Waals surface area contributed by atoms with Crippen molar-refractivity contribution in [3.05, 3.63) is 29.6 Å². The molecule has 18 heavy (non-hydrogen) atoms. The Labute approximate surface area is 98.0 Å². The van der Waals surface area contributed by atoms with Crippen molar-refractivity contribution in [2.24, 2.45) is 0 Å². The molecular formula is C10H5F3O5. The number of cyclic esters (lactones) is 2. The van der Waals surface area contributed by atoms with E-state index >= 15 is 0 Å². The summed E-state index contributed by atoms with van der Waals surface area (Å²) < 4.78 is 51.9. The molecule has 0 saturated carbocycles. The Balaban J connectivity index is 2.14. The lowest BCUT2D eigenvalue weighted by atomic mass is 10.3. The van der Waals surface area contributed by atoms with Crippen molar-refractivity contribution < 1.29 is 37.0 Å². The SMILES string of the molecule is O=C1OCC(C(=O)Oc2c(F)cc(F)cc2F)O1. The molecule has 0 N–H and O–H groups in total. The number of halogens is 3. The van der Waals surface area contributed by atoms with Gasteiger partial charge in [0, 0.05) is 12.1 Å². The monoisotopic (exact) mass is 262 g/mol. The van der Waals surface area contributed by atoms with Gasteiger partial charge in [-0.2, -0.15) is 0 Å². The summed E-state index contributed by atoms with van der Waals surface area (Å²) in [6.45, 7) is -0.415. The fraction of sp³-hybridized carbons (Fsp3) is 0.200. The highest BCUT2D eigenvalue weighted by Gasteiger charge is 2.34. The topological polar surface area (TPSA) is 61.8 Å². The summed E-state index contributed by atoms with van der Waals surface area (Å²) in [4.78, 5) is 21.9. The molecule has 1 fully saturated rings. The number of carbonyl (C=O) groups is 2. The molecule has 1 heterocycles. The Morgan fingerprint density at radius 1 is 1.28 bits per heavy atom. The maximum absolute atomic E-state index is 13.1. The van der Waals surface area contributed by atoms with Crippen molar-refractivity contribution in [3.8, 4) is 5.75 Å². The number of carbonyl (C=O) groups excluding carboxylic acids is 2. The molecule has 0 radical (unpaired) electrons. The summed E-state index contributed by atoms with van der Waals surface area (Å²) in [5.74, 6) is -6.20. The van der Waals surface area contributed by atoms with E-state index in [1.54, 1.807) is 0 Å². The van der Waals surface area contributed by atoms with E-state index in [9.17, 15) is 22.8 Å². The van der Waals surface area contributed by atoms with Crippen LogP contribution in [0, 0.1) is 17.5 Å². The minimum Gasteiger partial charge on any atom is -0.430 e. The van der Waals surface area contributed by atoms with Crippen LogP contribution in [0.3, 0.4) is 0 Å². The molecule has 1 aliphatic rings. The van der Waals surface area contributed by atoms with Gasteiger partial charge in [-0.15, -0.1) is 0 Å². The van der Waals surface area contributed by atoms with Gasteiger partial charge in [0.25, 0.3) is 0 Å². The van der Waals surface area contributed by atoms with E-state index in [2.05, 4.69) is 14.2 Å². The summed E-state index contributed by atoms with van der Waals surface area (Å²) in [6.07, 6.45) is -2.49. The first-order chi connectivity index (χ1) is 8.47. The summed E-state index contributed by atoms with van der Waals surface area (Å²) in [5, 5.41) is 0. The Hall–Kier alpha value is -2.25. The molecule has 1 atom stereocenters. The van der Waals surface area contributed by atoms with Crippen molar-refractivity contribution in [2.45, 2.75) is 6.10 Å². The van der Waals surface area contributed by atoms with Gasteiger partial charge in [0.15, 0.2) is 11.6 Å². The summed E-state index contributed by atoms with van der Waals surface area (Å²) in [5.41, 5.74) is 0. The second kappa shape index (κ2) is 4.55. The van der Waals surface area contributed by atoms with Gasteiger partial charge >= 0.3 is 12.1 Å². The maximum atomic E-state index is 13.1. The van der Waals surface area contributed by atoms with Crippen LogP contribution in [0.2, 0.25) is 0 Å². The first kappa shape index (κ1) is 12.2. The van der Waals surface area contributed by atoms with E-state index in [1.165, 1.54) is 0 Å². The second-order valence-corrected chi connectivity index (χ2v) is 3.29. The minimum absolute atomic E-state index is 0.350. The molecule has 0 bridgehead atoms. The van der Waals surface area contributed by atoms with Crippen LogP contribution in [0.4, 0.5) is 18.0 Å². The van der Waals surface area contributed by atoms with Crippen molar-refractivity contribution in [2.75, 3.05) is 6.61 Å². The fourth-order valence-electron chi connectivity index (χ4n) is 1.24. The van der Waals surface area contributed by atoms with Crippen LogP contribution in [-0.2, 0) is 14.3 Å². The molecule has 1 unspecified atom stereocenters. The van der Waals surface area contributed by atoms with Gasteiger partial charge in [-0.3, -0.25) is 0 Å². The lowest BCUT2D eigenvalue weighted by Crippen LogP contribution is -2.28. The number of rotatable bonds is 2. The first-order valence-electron chi connectivity index (χ1n) is 4.67. The van der Waals surface area contributed by atoms with Gasteiger partial charge in [-0.05, 0) is 0 Å². The van der Waals surface area contributed by atoms with Gasteiger partial charge in [-0.1, -0.05) is 0 Å². The summed E-state index contributed by atoms with van der Waals surface area (Å²) in [7, 11) is 0. The zero-order chi connectivity index (χ0) is 13.3. The molecule has 8 heteroatoms. The molecule has 1 saturated heterocycles. The number of benzene rings is 1. The van der Waals surface area contributed by atoms with E-state index in [4.69, 9.17) is 0 Å². The average Bonchev–Trinajstić information content (AvgIpc) is 2.70. The summed E-state index contributed by atoms with van der Waals surface area (Å²) >= 11 is 0. The minimum atomic E-state index is -1.40. The fourth-order valence-corrected chi connectivity index (χ4v) is 1.24. The second-order valence-electron chi connectivity index (χ2n) is 3.29. The van der Waals surface area contributed by atoms with Crippen LogP contribution in [0.5, 0.6) is 5.75 Å². The van der Waals surface area contributed by atoms with Gasteiger partial charge in [-0.25, -0.2) is 22.8 Å². The van der Waals surface area contributed by atoms with E-state index in [0.717, 1.165) is 0 Å². The predicted octanol–water partition coefficient (Wildman–Crippen LogP) is 1.54. The molecule has 1 aromatic carbocycles. The van der Waals surface area contributed by atoms with Gasteiger partial charge in [0.05, 0.1) is 0 Å². The molecule has 5 nitrogen and oxygen atoms in total. The molecule has 1 aliphatic heterocycles. The van der Waals surface area contributed by atoms with Crippen LogP contribution in [-0.4, -0.2) is 24.8 Å². The third-order valence-corrected chi connectivity index (χ3v) is 2.02. The highest BCUT2D eigenvalue weighted by Crippen LogP contribution is 2.23. The number of esters is 1. The lowest BCUT2D eigenvalue weighted by Gasteiger charge is -2.08. The third-order valence-electron chi connectivity index (χ3n) is 2.02. The van der Waals surface area contributed by atoms with E-state index in [-0.39, 0.29) is 0 Å². The van der Waals surface area contributed by atoms with E-state index < -0.39 is 48.0 Å². The molecule has 0 spiro atoms. The van der Waals surface area contributed by atoms with Crippen molar-refractivity contribution >= 4 is 12.1 Å². The van der Waals surface area contributed by atoms with Gasteiger partial charge < -0.3 is 14.2 Å². The van der Waals surface area contributed by atoms with Crippen molar-refractivity contribution in [1.29, 1.82) is 0 Å². The third kappa shape index (κ3) is 2.36. The molecule has 0 amide bonds. The van der Waals surface area contributed by atoms with E-state index in [0.29, 0.717) is 12.1 Å². The van der Waals surface area contributed by atoms with Crippen molar-refractivity contribution in [1.82, 2.24) is 0 Å². The predicted molar refractivity (Wildman–Crippen MR) is 48.2 cm³/mol.